The smallest absolute Gasteiger partial charge is 0.744 e. The molecule has 0 saturated heterocycles. The molecular weight excluding hydrogens is 419 g/mol. The van der Waals surface area contributed by atoms with Crippen LogP contribution in [0.5, 0.6) is 0 Å². The molecule has 0 atom stereocenters. The normalized spacial score (nSPS) is 9.59. The summed E-state index contributed by atoms with van der Waals surface area (Å²) >= 11 is 0. The van der Waals surface area contributed by atoms with Gasteiger partial charge in [-0.25, -0.2) is 13.2 Å². The molecule has 0 aliphatic heterocycles. The van der Waals surface area contributed by atoms with Crippen molar-refractivity contribution < 1.29 is 79.0 Å². The molecule has 6 nitrogen and oxygen atoms in total. The van der Waals surface area contributed by atoms with Crippen LogP contribution in [-0.2, 0) is 19.6 Å². The van der Waals surface area contributed by atoms with Gasteiger partial charge < -0.3 is 14.4 Å². The van der Waals surface area contributed by atoms with E-state index in [1.165, 1.54) is 11.6 Å². The number of hydrogen-bond donors (Lipinski definition) is 1. The second kappa shape index (κ2) is 18.7. The number of ether oxygens (including phenoxy) is 1. The van der Waals surface area contributed by atoms with Gasteiger partial charge in [-0.2, -0.15) is 0 Å². The number of carbonyl (C=O) groups is 1. The van der Waals surface area contributed by atoms with Gasteiger partial charge in [0.2, 0.25) is 0 Å². The first-order valence-electron chi connectivity index (χ1n) is 8.09. The molecule has 0 unspecified atom stereocenters. The summed E-state index contributed by atoms with van der Waals surface area (Å²) in [5, 5.41) is 8.74. The molecule has 0 fully saturated rings. The molecule has 0 spiro atoms. The second-order valence-corrected chi connectivity index (χ2v) is 6.17. The summed E-state index contributed by atoms with van der Waals surface area (Å²) in [5.74, 6) is -0.501. The van der Waals surface area contributed by atoms with Gasteiger partial charge in [-0.05, 0) is 17.2 Å². The minimum absolute atomic E-state index is 0. The maximum absolute atomic E-state index is 10.2. The third kappa shape index (κ3) is 19.7. The van der Waals surface area contributed by atoms with Crippen molar-refractivity contribution in [2.24, 2.45) is 0 Å². The van der Waals surface area contributed by atoms with Crippen LogP contribution in [-0.4, -0.2) is 37.3 Å². The van der Waals surface area contributed by atoms with Crippen LogP contribution in [0.3, 0.4) is 0 Å². The van der Waals surface area contributed by atoms with Gasteiger partial charge in [-0.1, -0.05) is 79.9 Å². The summed E-state index contributed by atoms with van der Waals surface area (Å²) in [6, 6.07) is 18.8. The standard InChI is InChI=1S/C8H8O3S.C8H8.C5H8O3.K/c9-12(10,11)7-6-8-4-2-1-3-5-8;1-2-8-6-4-3-5-7-8;1-2-5(7)8-4-3-6;/h1-7H,(H,9,10,11);2-7H,1H2;2,6H,1,3-4H2;/q;;;+1/p-1. The number of rotatable bonds is 6. The van der Waals surface area contributed by atoms with Crippen molar-refractivity contribution in [3.05, 3.63) is 96.4 Å². The minimum atomic E-state index is -4.25. The van der Waals surface area contributed by atoms with E-state index in [0.29, 0.717) is 11.0 Å². The molecule has 2 rings (SSSR count). The predicted molar refractivity (Wildman–Crippen MR) is 110 cm³/mol. The van der Waals surface area contributed by atoms with Crippen molar-refractivity contribution in [1.82, 2.24) is 0 Å². The number of carbonyl (C=O) groups excluding carboxylic acids is 1. The molecule has 1 N–H and O–H groups in total. The molecule has 0 amide bonds. The predicted octanol–water partition coefficient (Wildman–Crippen LogP) is 0.244. The summed E-state index contributed by atoms with van der Waals surface area (Å²) in [7, 11) is -4.25. The zero-order valence-electron chi connectivity index (χ0n) is 16.3. The molecule has 2 aromatic rings. The van der Waals surface area contributed by atoms with Crippen molar-refractivity contribution >= 4 is 28.2 Å². The fraction of sp³-hybridized carbons (Fsp3) is 0.0952. The van der Waals surface area contributed by atoms with Gasteiger partial charge >= 0.3 is 57.4 Å². The Hall–Kier alpha value is -1.36. The van der Waals surface area contributed by atoms with E-state index in [-0.39, 0.29) is 64.6 Å². The van der Waals surface area contributed by atoms with Gasteiger partial charge in [-0.3, -0.25) is 0 Å². The quantitative estimate of drug-likeness (QED) is 0.298. The summed E-state index contributed by atoms with van der Waals surface area (Å²) in [5.41, 5.74) is 1.87. The topological polar surface area (TPSA) is 104 Å². The van der Waals surface area contributed by atoms with E-state index in [0.717, 1.165) is 6.08 Å². The van der Waals surface area contributed by atoms with Gasteiger partial charge in [0.1, 0.15) is 16.7 Å². The van der Waals surface area contributed by atoms with Crippen molar-refractivity contribution in [2.45, 2.75) is 0 Å². The Bertz CT molecular complexity index is 834. The van der Waals surface area contributed by atoms with Crippen LogP contribution < -0.4 is 51.4 Å². The molecular formula is C21H23KO6S. The molecule has 8 heteroatoms. The van der Waals surface area contributed by atoms with Crippen molar-refractivity contribution in [3.8, 4) is 0 Å². The first-order chi connectivity index (χ1) is 13.3. The maximum Gasteiger partial charge on any atom is 1.00 e. The van der Waals surface area contributed by atoms with Crippen molar-refractivity contribution in [2.75, 3.05) is 13.2 Å². The molecule has 29 heavy (non-hydrogen) atoms. The summed E-state index contributed by atoms with van der Waals surface area (Å²) in [6.45, 7) is 6.70. The van der Waals surface area contributed by atoms with Gasteiger partial charge in [0.25, 0.3) is 0 Å². The minimum Gasteiger partial charge on any atom is -0.744 e. The molecule has 0 saturated carbocycles. The third-order valence-corrected chi connectivity index (χ3v) is 3.23. The van der Waals surface area contributed by atoms with Crippen LogP contribution >= 0.6 is 0 Å². The molecule has 150 valence electrons. The molecule has 0 heterocycles. The van der Waals surface area contributed by atoms with E-state index >= 15 is 0 Å². The van der Waals surface area contributed by atoms with Crippen LogP contribution in [0.2, 0.25) is 0 Å². The first-order valence-corrected chi connectivity index (χ1v) is 9.56. The van der Waals surface area contributed by atoms with Crippen molar-refractivity contribution in [3.63, 3.8) is 0 Å². The van der Waals surface area contributed by atoms with E-state index < -0.39 is 16.1 Å². The summed E-state index contributed by atoms with van der Waals surface area (Å²) in [4.78, 5) is 10.1. The van der Waals surface area contributed by atoms with Gasteiger partial charge in [0.15, 0.2) is 0 Å². The van der Waals surface area contributed by atoms with Crippen LogP contribution in [0, 0.1) is 0 Å². The average Bonchev–Trinajstić information content (AvgIpc) is 2.72. The number of aliphatic hydroxyl groups excluding tert-OH is 1. The average molecular weight is 443 g/mol. The largest absolute Gasteiger partial charge is 1.00 e. The van der Waals surface area contributed by atoms with Crippen LogP contribution in [0.25, 0.3) is 12.2 Å². The van der Waals surface area contributed by atoms with Crippen LogP contribution in [0.1, 0.15) is 11.1 Å². The molecule has 0 radical (unpaired) electrons. The number of hydrogen-bond acceptors (Lipinski definition) is 6. The number of aliphatic hydroxyl groups is 1. The second-order valence-electron chi connectivity index (χ2n) is 4.92. The maximum atomic E-state index is 10.2. The Morgan fingerprint density at radius 3 is 1.83 bits per heavy atom. The Kier molecular flexibility index (Phi) is 19.2. The summed E-state index contributed by atoms with van der Waals surface area (Å²) in [6.07, 6.45) is 4.15. The van der Waals surface area contributed by atoms with E-state index in [1.54, 1.807) is 24.3 Å². The molecule has 0 aliphatic rings. The molecule has 2 aromatic carbocycles. The number of benzene rings is 2. The zero-order valence-corrected chi connectivity index (χ0v) is 20.2. The van der Waals surface area contributed by atoms with Crippen LogP contribution in [0.15, 0.2) is 85.3 Å². The molecule has 0 aromatic heterocycles. The van der Waals surface area contributed by atoms with Crippen LogP contribution in [0.4, 0.5) is 0 Å². The van der Waals surface area contributed by atoms with Gasteiger partial charge in [0.05, 0.1) is 6.61 Å². The summed E-state index contributed by atoms with van der Waals surface area (Å²) < 4.78 is 34.8. The molecule has 0 aliphatic carbocycles. The Labute approximate surface area is 214 Å². The Morgan fingerprint density at radius 1 is 1.00 bits per heavy atom. The van der Waals surface area contributed by atoms with Crippen molar-refractivity contribution in [1.29, 1.82) is 0 Å². The molecule has 0 bridgehead atoms. The fourth-order valence-electron chi connectivity index (χ4n) is 1.52. The zero-order chi connectivity index (χ0) is 21.3. The number of esters is 1. The van der Waals surface area contributed by atoms with E-state index in [4.69, 9.17) is 5.11 Å². The third-order valence-electron chi connectivity index (χ3n) is 2.76. The fourth-order valence-corrected chi connectivity index (χ4v) is 1.84. The first kappa shape index (κ1) is 29.8. The Balaban J connectivity index is 0. The monoisotopic (exact) mass is 442 g/mol. The van der Waals surface area contributed by atoms with E-state index in [9.17, 15) is 17.8 Å². The Morgan fingerprint density at radius 2 is 1.48 bits per heavy atom. The SMILES string of the molecule is C=CC(=O)OCCO.C=Cc1ccccc1.O=S(=O)([O-])C=Cc1ccccc1.[K+]. The van der Waals surface area contributed by atoms with Gasteiger partial charge in [-0.15, -0.1) is 0 Å². The van der Waals surface area contributed by atoms with E-state index in [1.807, 2.05) is 42.5 Å². The van der Waals surface area contributed by atoms with Gasteiger partial charge in [0, 0.05) is 11.5 Å². The van der Waals surface area contributed by atoms with E-state index in [2.05, 4.69) is 17.9 Å².